The molecule has 0 aliphatic heterocycles. The molecule has 7 nitrogen and oxygen atoms in total. The van der Waals surface area contributed by atoms with Crippen LogP contribution in [-0.2, 0) is 0 Å². The Balaban J connectivity index is 1.72. The highest BCUT2D eigenvalue weighted by Crippen LogP contribution is 2.31. The molecule has 128 valence electrons. The molecule has 0 amide bonds. The van der Waals surface area contributed by atoms with Crippen molar-refractivity contribution in [2.45, 2.75) is 38.1 Å². The summed E-state index contributed by atoms with van der Waals surface area (Å²) in [4.78, 5) is 4.50. The molecule has 1 aliphatic rings. The van der Waals surface area contributed by atoms with Crippen LogP contribution in [0.5, 0.6) is 11.5 Å². The standard InChI is InChI=1S/C17H23N5O2/c1-23-13-8-9-14(15(10-13)24-2)20-16-11-18-22-17(21-16)19-12-6-4-3-5-7-12/h8-12H,3-7H2,1-2H3,(H2,19,20,21,22). The number of nitrogens with one attached hydrogen (secondary N) is 2. The second-order valence-corrected chi connectivity index (χ2v) is 5.84. The number of hydrogen-bond acceptors (Lipinski definition) is 7. The maximum Gasteiger partial charge on any atom is 0.244 e. The number of methoxy groups -OCH3 is 2. The van der Waals surface area contributed by atoms with E-state index in [2.05, 4.69) is 25.8 Å². The van der Waals surface area contributed by atoms with Crippen LogP contribution in [0.1, 0.15) is 32.1 Å². The third kappa shape index (κ3) is 4.04. The molecule has 0 bridgehead atoms. The lowest BCUT2D eigenvalue weighted by Gasteiger charge is -2.22. The molecule has 1 heterocycles. The van der Waals surface area contributed by atoms with Crippen molar-refractivity contribution < 1.29 is 9.47 Å². The molecule has 0 atom stereocenters. The molecule has 0 spiro atoms. The van der Waals surface area contributed by atoms with Crippen LogP contribution < -0.4 is 20.1 Å². The molecule has 7 heteroatoms. The largest absolute Gasteiger partial charge is 0.497 e. The summed E-state index contributed by atoms with van der Waals surface area (Å²) >= 11 is 0. The molecule has 24 heavy (non-hydrogen) atoms. The van der Waals surface area contributed by atoms with E-state index in [1.54, 1.807) is 20.4 Å². The Morgan fingerprint density at radius 2 is 1.92 bits per heavy atom. The van der Waals surface area contributed by atoms with Gasteiger partial charge in [-0.15, -0.1) is 5.10 Å². The Kier molecular flexibility index (Phi) is 5.30. The summed E-state index contributed by atoms with van der Waals surface area (Å²) in [5.41, 5.74) is 0.794. The lowest BCUT2D eigenvalue weighted by molar-refractivity contribution is 0.395. The Hall–Kier alpha value is -2.57. The average Bonchev–Trinajstić information content (AvgIpc) is 2.63. The minimum absolute atomic E-state index is 0.436. The zero-order chi connectivity index (χ0) is 16.8. The summed E-state index contributed by atoms with van der Waals surface area (Å²) in [7, 11) is 3.24. The van der Waals surface area contributed by atoms with Crippen molar-refractivity contribution in [3.8, 4) is 11.5 Å². The fourth-order valence-corrected chi connectivity index (χ4v) is 2.89. The molecule has 2 aromatic rings. The number of ether oxygens (including phenoxy) is 2. The molecule has 3 rings (SSSR count). The van der Waals surface area contributed by atoms with Gasteiger partial charge in [-0.3, -0.25) is 0 Å². The highest BCUT2D eigenvalue weighted by Gasteiger charge is 2.15. The second-order valence-electron chi connectivity index (χ2n) is 5.84. The first-order valence-corrected chi connectivity index (χ1v) is 8.24. The minimum atomic E-state index is 0.436. The van der Waals surface area contributed by atoms with Gasteiger partial charge in [0.25, 0.3) is 0 Å². The maximum atomic E-state index is 5.39. The van der Waals surface area contributed by atoms with Crippen LogP contribution in [0, 0.1) is 0 Å². The highest BCUT2D eigenvalue weighted by molar-refractivity contribution is 5.65. The van der Waals surface area contributed by atoms with Crippen LogP contribution >= 0.6 is 0 Å². The van der Waals surface area contributed by atoms with Gasteiger partial charge in [-0.25, -0.2) is 0 Å². The summed E-state index contributed by atoms with van der Waals surface area (Å²) in [5, 5.41) is 14.7. The Morgan fingerprint density at radius 1 is 1.08 bits per heavy atom. The van der Waals surface area contributed by atoms with Gasteiger partial charge in [0.15, 0.2) is 5.82 Å². The number of aromatic nitrogens is 3. The molecule has 0 unspecified atom stereocenters. The number of anilines is 3. The van der Waals surface area contributed by atoms with Crippen molar-refractivity contribution in [1.82, 2.24) is 15.2 Å². The van der Waals surface area contributed by atoms with Gasteiger partial charge < -0.3 is 20.1 Å². The van der Waals surface area contributed by atoms with Gasteiger partial charge in [-0.1, -0.05) is 19.3 Å². The third-order valence-corrected chi connectivity index (χ3v) is 4.17. The molecule has 0 saturated heterocycles. The summed E-state index contributed by atoms with van der Waals surface area (Å²) in [6, 6.07) is 6.00. The topological polar surface area (TPSA) is 81.2 Å². The smallest absolute Gasteiger partial charge is 0.244 e. The number of benzene rings is 1. The minimum Gasteiger partial charge on any atom is -0.497 e. The van der Waals surface area contributed by atoms with Crippen LogP contribution in [0.3, 0.4) is 0 Å². The van der Waals surface area contributed by atoms with E-state index in [4.69, 9.17) is 9.47 Å². The zero-order valence-corrected chi connectivity index (χ0v) is 14.1. The van der Waals surface area contributed by atoms with Crippen LogP contribution in [0.2, 0.25) is 0 Å². The van der Waals surface area contributed by atoms with Crippen molar-refractivity contribution in [3.63, 3.8) is 0 Å². The first-order chi connectivity index (χ1) is 11.8. The van der Waals surface area contributed by atoms with E-state index >= 15 is 0 Å². The van der Waals surface area contributed by atoms with Gasteiger partial charge in [-0.2, -0.15) is 10.1 Å². The van der Waals surface area contributed by atoms with Crippen molar-refractivity contribution in [2.24, 2.45) is 0 Å². The predicted molar refractivity (Wildman–Crippen MR) is 93.2 cm³/mol. The normalized spacial score (nSPS) is 14.9. The van der Waals surface area contributed by atoms with Gasteiger partial charge in [-0.05, 0) is 25.0 Å². The highest BCUT2D eigenvalue weighted by atomic mass is 16.5. The van der Waals surface area contributed by atoms with Gasteiger partial charge in [0.2, 0.25) is 5.95 Å². The molecule has 1 saturated carbocycles. The average molecular weight is 329 g/mol. The fourth-order valence-electron chi connectivity index (χ4n) is 2.89. The first-order valence-electron chi connectivity index (χ1n) is 8.24. The molecule has 1 fully saturated rings. The number of hydrogen-bond donors (Lipinski definition) is 2. The molecular formula is C17H23N5O2. The monoisotopic (exact) mass is 329 g/mol. The van der Waals surface area contributed by atoms with Gasteiger partial charge in [0.1, 0.15) is 11.5 Å². The van der Waals surface area contributed by atoms with Crippen LogP contribution in [0.15, 0.2) is 24.4 Å². The Bertz CT molecular complexity index is 674. The zero-order valence-electron chi connectivity index (χ0n) is 14.1. The first kappa shape index (κ1) is 16.3. The lowest BCUT2D eigenvalue weighted by atomic mass is 9.96. The van der Waals surface area contributed by atoms with Crippen molar-refractivity contribution in [2.75, 3.05) is 24.9 Å². The van der Waals surface area contributed by atoms with Gasteiger partial charge in [0, 0.05) is 12.1 Å². The molecule has 1 aromatic carbocycles. The van der Waals surface area contributed by atoms with E-state index in [9.17, 15) is 0 Å². The van der Waals surface area contributed by atoms with E-state index in [0.717, 1.165) is 24.3 Å². The lowest BCUT2D eigenvalue weighted by Crippen LogP contribution is -2.23. The van der Waals surface area contributed by atoms with Crippen molar-refractivity contribution in [3.05, 3.63) is 24.4 Å². The van der Waals surface area contributed by atoms with Crippen LogP contribution in [0.4, 0.5) is 17.5 Å². The van der Waals surface area contributed by atoms with Crippen molar-refractivity contribution >= 4 is 17.5 Å². The maximum absolute atomic E-state index is 5.39. The van der Waals surface area contributed by atoms with E-state index in [-0.39, 0.29) is 0 Å². The summed E-state index contributed by atoms with van der Waals surface area (Å²) in [6.45, 7) is 0. The van der Waals surface area contributed by atoms with Crippen LogP contribution in [-0.4, -0.2) is 35.4 Å². The van der Waals surface area contributed by atoms with E-state index in [1.807, 2.05) is 18.2 Å². The predicted octanol–water partition coefficient (Wildman–Crippen LogP) is 3.38. The van der Waals surface area contributed by atoms with Gasteiger partial charge in [0.05, 0.1) is 26.1 Å². The number of rotatable bonds is 6. The quantitative estimate of drug-likeness (QED) is 0.841. The van der Waals surface area contributed by atoms with Crippen molar-refractivity contribution in [1.29, 1.82) is 0 Å². The molecule has 0 radical (unpaired) electrons. The SMILES string of the molecule is COc1ccc(Nc2cnnc(NC3CCCCC3)n2)c(OC)c1. The Morgan fingerprint density at radius 3 is 2.67 bits per heavy atom. The summed E-state index contributed by atoms with van der Waals surface area (Å²) in [6.07, 6.45) is 7.74. The van der Waals surface area contributed by atoms with Gasteiger partial charge >= 0.3 is 0 Å². The third-order valence-electron chi connectivity index (χ3n) is 4.17. The molecule has 1 aromatic heterocycles. The van der Waals surface area contributed by atoms with E-state index in [0.29, 0.717) is 23.6 Å². The van der Waals surface area contributed by atoms with E-state index in [1.165, 1.54) is 19.3 Å². The Labute approximate surface area is 141 Å². The van der Waals surface area contributed by atoms with Crippen LogP contribution in [0.25, 0.3) is 0 Å². The summed E-state index contributed by atoms with van der Waals surface area (Å²) in [5.74, 6) is 2.58. The molecular weight excluding hydrogens is 306 g/mol. The number of nitrogens with zero attached hydrogens (tertiary/aromatic N) is 3. The fraction of sp³-hybridized carbons (Fsp3) is 0.471. The summed E-state index contributed by atoms with van der Waals surface area (Å²) < 4.78 is 10.6. The second kappa shape index (κ2) is 7.81. The van der Waals surface area contributed by atoms with E-state index < -0.39 is 0 Å². The molecule has 1 aliphatic carbocycles. The molecule has 2 N–H and O–H groups in total.